The van der Waals surface area contributed by atoms with Crippen molar-refractivity contribution in [3.63, 3.8) is 0 Å². The number of unbranched alkanes of at least 4 members (excludes halogenated alkanes) is 40. The molecular formula is C67H122O6. The van der Waals surface area contributed by atoms with E-state index in [9.17, 15) is 14.4 Å². The highest BCUT2D eigenvalue weighted by molar-refractivity contribution is 5.71. The largest absolute Gasteiger partial charge is 0.462 e. The quantitative estimate of drug-likeness (QED) is 0.0261. The van der Waals surface area contributed by atoms with Crippen molar-refractivity contribution >= 4 is 17.9 Å². The first-order chi connectivity index (χ1) is 36.0. The third-order valence-corrected chi connectivity index (χ3v) is 14.3. The Morgan fingerprint density at radius 1 is 0.274 bits per heavy atom. The summed E-state index contributed by atoms with van der Waals surface area (Å²) < 4.78 is 17.0. The van der Waals surface area contributed by atoms with E-state index in [1.807, 2.05) is 0 Å². The van der Waals surface area contributed by atoms with Gasteiger partial charge in [-0.15, -0.1) is 0 Å². The molecular weight excluding hydrogens is 901 g/mol. The van der Waals surface area contributed by atoms with Crippen molar-refractivity contribution in [3.8, 4) is 0 Å². The van der Waals surface area contributed by atoms with E-state index in [1.54, 1.807) is 0 Å². The van der Waals surface area contributed by atoms with Gasteiger partial charge in [-0.1, -0.05) is 288 Å². The number of carbonyl (C=O) groups excluding carboxylic acids is 3. The van der Waals surface area contributed by atoms with Gasteiger partial charge < -0.3 is 14.2 Å². The van der Waals surface area contributed by atoms with E-state index in [-0.39, 0.29) is 31.1 Å². The number of allylic oxidation sites excluding steroid dienone is 8. The lowest BCUT2D eigenvalue weighted by molar-refractivity contribution is -0.167. The maximum atomic E-state index is 12.9. The first-order valence-electron chi connectivity index (χ1n) is 32.1. The SMILES string of the molecule is CCCCC/C=C\C/C=C\CCCCCCCCCCCC(=O)OC[C@H](COC(=O)CCCCCCCCCCCCCCCCCCC)OC(=O)CCCCCCCCCCC/C=C\C/C=C\CCCCC. The molecule has 0 rings (SSSR count). The van der Waals surface area contributed by atoms with Gasteiger partial charge in [0.25, 0.3) is 0 Å². The molecule has 426 valence electrons. The molecule has 0 aromatic heterocycles. The number of esters is 3. The normalized spacial score (nSPS) is 12.3. The molecule has 0 N–H and O–H groups in total. The summed E-state index contributed by atoms with van der Waals surface area (Å²) in [6.07, 6.45) is 76.8. The maximum Gasteiger partial charge on any atom is 0.306 e. The van der Waals surface area contributed by atoms with Crippen LogP contribution in [0.25, 0.3) is 0 Å². The molecule has 0 radical (unpaired) electrons. The van der Waals surface area contributed by atoms with Crippen LogP contribution >= 0.6 is 0 Å². The molecule has 0 fully saturated rings. The minimum atomic E-state index is -0.776. The van der Waals surface area contributed by atoms with Gasteiger partial charge in [-0.25, -0.2) is 0 Å². The zero-order valence-corrected chi connectivity index (χ0v) is 48.9. The smallest absolute Gasteiger partial charge is 0.306 e. The summed E-state index contributed by atoms with van der Waals surface area (Å²) in [5.74, 6) is -0.859. The van der Waals surface area contributed by atoms with Crippen LogP contribution in [-0.2, 0) is 28.6 Å². The summed E-state index contributed by atoms with van der Waals surface area (Å²) in [5.41, 5.74) is 0. The molecule has 73 heavy (non-hydrogen) atoms. The maximum absolute atomic E-state index is 12.9. The van der Waals surface area contributed by atoms with Gasteiger partial charge >= 0.3 is 17.9 Å². The van der Waals surface area contributed by atoms with E-state index < -0.39 is 6.10 Å². The second kappa shape index (κ2) is 61.9. The summed E-state index contributed by atoms with van der Waals surface area (Å²) in [4.78, 5) is 38.3. The summed E-state index contributed by atoms with van der Waals surface area (Å²) in [5, 5.41) is 0. The molecule has 0 saturated heterocycles. The number of rotatable bonds is 59. The fourth-order valence-electron chi connectivity index (χ4n) is 9.45. The van der Waals surface area contributed by atoms with Crippen LogP contribution in [-0.4, -0.2) is 37.2 Å². The monoisotopic (exact) mass is 1020 g/mol. The lowest BCUT2D eigenvalue weighted by atomic mass is 10.0. The molecule has 0 bridgehead atoms. The minimum Gasteiger partial charge on any atom is -0.462 e. The second-order valence-electron chi connectivity index (χ2n) is 21.7. The van der Waals surface area contributed by atoms with Crippen molar-refractivity contribution in [2.45, 2.75) is 348 Å². The number of carbonyl (C=O) groups is 3. The van der Waals surface area contributed by atoms with Crippen LogP contribution in [0.3, 0.4) is 0 Å². The predicted octanol–water partition coefficient (Wildman–Crippen LogP) is 21.8. The Morgan fingerprint density at radius 2 is 0.493 bits per heavy atom. The Bertz CT molecular complexity index is 1270. The van der Waals surface area contributed by atoms with Crippen molar-refractivity contribution in [1.29, 1.82) is 0 Å². The molecule has 0 aliphatic heterocycles. The highest BCUT2D eigenvalue weighted by Gasteiger charge is 2.19. The average Bonchev–Trinajstić information content (AvgIpc) is 3.39. The molecule has 0 aromatic rings. The van der Waals surface area contributed by atoms with Gasteiger partial charge in [0.05, 0.1) is 0 Å². The zero-order valence-electron chi connectivity index (χ0n) is 48.9. The predicted molar refractivity (Wildman–Crippen MR) is 316 cm³/mol. The highest BCUT2D eigenvalue weighted by Crippen LogP contribution is 2.17. The van der Waals surface area contributed by atoms with Crippen LogP contribution in [0.5, 0.6) is 0 Å². The molecule has 6 heteroatoms. The molecule has 0 aliphatic carbocycles. The molecule has 0 unspecified atom stereocenters. The van der Waals surface area contributed by atoms with Gasteiger partial charge in [-0.05, 0) is 83.5 Å². The molecule has 0 aliphatic rings. The Hall–Kier alpha value is -2.63. The third kappa shape index (κ3) is 60.1. The first-order valence-corrected chi connectivity index (χ1v) is 32.1. The first kappa shape index (κ1) is 70.4. The van der Waals surface area contributed by atoms with Gasteiger partial charge in [0.1, 0.15) is 13.2 Å². The molecule has 0 heterocycles. The van der Waals surface area contributed by atoms with E-state index in [0.717, 1.165) is 70.6 Å². The fourth-order valence-corrected chi connectivity index (χ4v) is 9.45. The fraction of sp³-hybridized carbons (Fsp3) is 0.836. The van der Waals surface area contributed by atoms with Crippen LogP contribution < -0.4 is 0 Å². The van der Waals surface area contributed by atoms with E-state index in [0.29, 0.717) is 19.3 Å². The lowest BCUT2D eigenvalue weighted by Crippen LogP contribution is -2.30. The van der Waals surface area contributed by atoms with Crippen LogP contribution in [0.2, 0.25) is 0 Å². The number of hydrogen-bond acceptors (Lipinski definition) is 6. The van der Waals surface area contributed by atoms with Gasteiger partial charge in [-0.2, -0.15) is 0 Å². The van der Waals surface area contributed by atoms with E-state index >= 15 is 0 Å². The number of hydrogen-bond donors (Lipinski definition) is 0. The third-order valence-electron chi connectivity index (χ3n) is 14.3. The standard InChI is InChI=1S/C67H122O6/c1-4-7-10-13-16-19-22-25-28-31-33-36-39-42-45-48-51-54-57-60-66(69)72-63-64(62-71-65(68)59-56-53-50-47-44-41-38-35-30-27-24-21-18-15-12-9-6-3)73-67(70)61-58-55-52-49-46-43-40-37-34-32-29-26-23-20-17-14-11-8-5-2/h16-17,19-20,25-26,28-29,64H,4-15,18,21-24,27,30-63H2,1-3H3/b19-16-,20-17-,28-25-,29-26-/t64-/m0/s1. The molecule has 6 nitrogen and oxygen atoms in total. The molecule has 0 spiro atoms. The Kier molecular flexibility index (Phi) is 59.7. The number of ether oxygens (including phenoxy) is 3. The average molecular weight is 1020 g/mol. The van der Waals surface area contributed by atoms with E-state index in [1.165, 1.54) is 231 Å². The van der Waals surface area contributed by atoms with Crippen molar-refractivity contribution in [2.24, 2.45) is 0 Å². The van der Waals surface area contributed by atoms with Crippen molar-refractivity contribution in [1.82, 2.24) is 0 Å². The highest BCUT2D eigenvalue weighted by atomic mass is 16.6. The Balaban J connectivity index is 4.35. The molecule has 0 amide bonds. The van der Waals surface area contributed by atoms with Gasteiger partial charge in [-0.3, -0.25) is 14.4 Å². The van der Waals surface area contributed by atoms with Crippen LogP contribution in [0.4, 0.5) is 0 Å². The molecule has 0 saturated carbocycles. The van der Waals surface area contributed by atoms with Crippen molar-refractivity contribution in [3.05, 3.63) is 48.6 Å². The summed E-state index contributed by atoms with van der Waals surface area (Å²) in [7, 11) is 0. The molecule has 1 atom stereocenters. The molecule has 0 aromatic carbocycles. The zero-order chi connectivity index (χ0) is 52.9. The van der Waals surface area contributed by atoms with Crippen molar-refractivity contribution in [2.75, 3.05) is 13.2 Å². The van der Waals surface area contributed by atoms with E-state index in [4.69, 9.17) is 14.2 Å². The minimum absolute atomic E-state index is 0.0722. The van der Waals surface area contributed by atoms with Crippen LogP contribution in [0, 0.1) is 0 Å². The van der Waals surface area contributed by atoms with Crippen LogP contribution in [0.1, 0.15) is 342 Å². The Labute approximate surface area is 454 Å². The van der Waals surface area contributed by atoms with Gasteiger partial charge in [0, 0.05) is 19.3 Å². The van der Waals surface area contributed by atoms with E-state index in [2.05, 4.69) is 69.4 Å². The summed E-state index contributed by atoms with van der Waals surface area (Å²) in [6.45, 7) is 6.64. The van der Waals surface area contributed by atoms with Gasteiger partial charge in [0.15, 0.2) is 6.10 Å². The summed E-state index contributed by atoms with van der Waals surface area (Å²) >= 11 is 0. The Morgan fingerprint density at radius 3 is 0.781 bits per heavy atom. The topological polar surface area (TPSA) is 78.9 Å². The van der Waals surface area contributed by atoms with Gasteiger partial charge in [0.2, 0.25) is 0 Å². The van der Waals surface area contributed by atoms with Crippen LogP contribution in [0.15, 0.2) is 48.6 Å². The lowest BCUT2D eigenvalue weighted by Gasteiger charge is -2.18. The van der Waals surface area contributed by atoms with Crippen molar-refractivity contribution < 1.29 is 28.6 Å². The second-order valence-corrected chi connectivity index (χ2v) is 21.7. The summed E-state index contributed by atoms with van der Waals surface area (Å²) in [6, 6.07) is 0.